The fraction of sp³-hybridized carbons (Fsp3) is 0.650. The van der Waals surface area contributed by atoms with Crippen molar-refractivity contribution in [2.45, 2.75) is 178 Å². The maximum Gasteiger partial charge on any atom is 0.304 e. The van der Waals surface area contributed by atoms with Crippen molar-refractivity contribution in [1.82, 2.24) is 81.9 Å². The van der Waals surface area contributed by atoms with Gasteiger partial charge in [0.1, 0.15) is 35.2 Å². The largest absolute Gasteiger partial charge is 0.425 e. The molecule has 0 aliphatic carbocycles. The van der Waals surface area contributed by atoms with E-state index in [0.29, 0.717) is 31.3 Å². The molecule has 0 radical (unpaired) electrons. The van der Waals surface area contributed by atoms with E-state index >= 15 is 0 Å². The molecule has 3 heterocycles. The van der Waals surface area contributed by atoms with Crippen LogP contribution in [0.1, 0.15) is 151 Å². The van der Waals surface area contributed by atoms with E-state index in [1.807, 2.05) is 46.4 Å². The van der Waals surface area contributed by atoms with Crippen molar-refractivity contribution in [3.8, 4) is 0 Å². The molecule has 514 valence electrons. The number of hydrogen-bond acceptors (Lipinski definition) is 19. The van der Waals surface area contributed by atoms with Gasteiger partial charge in [-0.25, -0.2) is 0 Å². The topological polar surface area (TPSA) is 430 Å². The fourth-order valence-electron chi connectivity index (χ4n) is 9.30. The summed E-state index contributed by atoms with van der Waals surface area (Å²) in [6, 6.07) is -2.83. The average molecular weight is 1340 g/mol. The number of amides is 9. The summed E-state index contributed by atoms with van der Waals surface area (Å²) in [5, 5.41) is 54.8. The molecule has 0 bridgehead atoms. The average Bonchev–Trinajstić information content (AvgIpc) is 1.16. The molecular formula is C60H96FeN16O15. The van der Waals surface area contributed by atoms with Crippen LogP contribution in [0.25, 0.3) is 0 Å². The quantitative estimate of drug-likeness (QED) is 0.0238. The number of aromatic nitrogens is 6. The Morgan fingerprint density at radius 3 is 0.848 bits per heavy atom. The molecule has 3 aromatic heterocycles. The monoisotopic (exact) mass is 1340 g/mol. The number of carbonyl (C=O) groups is 9. The van der Waals surface area contributed by atoms with Crippen molar-refractivity contribution in [3.63, 3.8) is 0 Å². The molecule has 12 N–H and O–H groups in total. The molecule has 0 saturated carbocycles. The molecule has 0 saturated heterocycles. The number of nitrogens with zero attached hydrogens (tertiary/aromatic N) is 7. The molecule has 92 heavy (non-hydrogen) atoms. The van der Waals surface area contributed by atoms with Crippen LogP contribution in [0.3, 0.4) is 0 Å². The minimum Gasteiger partial charge on any atom is -0.425 e. The van der Waals surface area contributed by atoms with Gasteiger partial charge < -0.3 is 63.5 Å². The van der Waals surface area contributed by atoms with Crippen molar-refractivity contribution in [2.24, 2.45) is 17.8 Å². The van der Waals surface area contributed by atoms with Crippen LogP contribution < -0.4 is 64.5 Å². The van der Waals surface area contributed by atoms with Gasteiger partial charge in [-0.15, -0.1) is 14.2 Å². The van der Waals surface area contributed by atoms with Crippen molar-refractivity contribution in [1.29, 1.82) is 0 Å². The Hall–Kier alpha value is -8.25. The van der Waals surface area contributed by atoms with Gasteiger partial charge >= 0.3 is 16.7 Å². The predicted octanol–water partition coefficient (Wildman–Crippen LogP) is -1.12. The smallest absolute Gasteiger partial charge is 0.304 e. The number of rotatable bonds is 39. The van der Waals surface area contributed by atoms with E-state index in [1.165, 1.54) is 20.8 Å². The van der Waals surface area contributed by atoms with E-state index in [2.05, 4.69) is 62.8 Å². The first-order valence-electron chi connectivity index (χ1n) is 30.9. The van der Waals surface area contributed by atoms with E-state index in [9.17, 15) is 73.2 Å². The summed E-state index contributed by atoms with van der Waals surface area (Å²) >= 11 is 0. The summed E-state index contributed by atoms with van der Waals surface area (Å²) in [7, 11) is 0. The van der Waals surface area contributed by atoms with Crippen LogP contribution in [0.5, 0.6) is 0 Å². The van der Waals surface area contributed by atoms with E-state index in [1.54, 1.807) is 20.8 Å². The molecule has 3 atom stereocenters. The standard InChI is InChI=1S/C60H96N16O15.Fe/c1-34(2)31-46(70-52(80)16-13-43-58(86)74(89)40(10)37(7)67-43)55(83)64-22-19-49(77)61-25-28-73(29-26-62-50(78)20-23-65-56(84)47(32-35(3)4)71-53(81)17-14-44-59(87)75(90)41(11)38(8)68-44)30-27-63-51(79)21-24-66-57(85)48(33-36(5)6)72-54(82)18-15-45-60(88)76(91)42(12)39(9)69-45;/h34-36,46-48,89-91H,13-33H2,1-12H3,(H,61,77)(H,62,78)(H,63,79)(H,64,83)(H,65,84)(H,66,85)(H,70,80)(H,71,81)(H,72,82);. The number of aryl methyl sites for hydroxylation is 6. The minimum absolute atomic E-state index is 0. The van der Waals surface area contributed by atoms with Crippen molar-refractivity contribution < 1.29 is 75.8 Å². The summed E-state index contributed by atoms with van der Waals surface area (Å²) in [5.74, 6) is -4.31. The van der Waals surface area contributed by atoms with Crippen LogP contribution in [0, 0.1) is 59.3 Å². The Labute approximate surface area is 545 Å². The van der Waals surface area contributed by atoms with Crippen molar-refractivity contribution in [3.05, 3.63) is 82.3 Å². The second-order valence-electron chi connectivity index (χ2n) is 23.8. The minimum atomic E-state index is -0.942. The molecule has 0 aliphatic heterocycles. The van der Waals surface area contributed by atoms with Gasteiger partial charge in [-0.1, -0.05) is 41.5 Å². The second kappa shape index (κ2) is 39.9. The second-order valence-corrected chi connectivity index (χ2v) is 23.8. The zero-order valence-corrected chi connectivity index (χ0v) is 56.1. The summed E-state index contributed by atoms with van der Waals surface area (Å²) in [4.78, 5) is 170. The van der Waals surface area contributed by atoms with Crippen molar-refractivity contribution in [2.75, 3.05) is 58.9 Å². The van der Waals surface area contributed by atoms with E-state index in [4.69, 9.17) is 0 Å². The van der Waals surface area contributed by atoms with Crippen LogP contribution in [0.4, 0.5) is 0 Å². The molecule has 3 unspecified atom stereocenters. The third-order valence-corrected chi connectivity index (χ3v) is 14.8. The molecule has 32 heteroatoms. The number of nitrogens with one attached hydrogen (secondary N) is 9. The molecule has 0 aliphatic rings. The fourth-order valence-corrected chi connectivity index (χ4v) is 9.30. The maximum absolute atomic E-state index is 13.3. The number of hydrogen-bond donors (Lipinski definition) is 12. The summed E-state index contributed by atoms with van der Waals surface area (Å²) in [5.41, 5.74) is -0.156. The first kappa shape index (κ1) is 79.8. The summed E-state index contributed by atoms with van der Waals surface area (Å²) in [6.45, 7) is 21.6. The summed E-state index contributed by atoms with van der Waals surface area (Å²) < 4.78 is 1.44. The zero-order valence-electron chi connectivity index (χ0n) is 55.0. The molecule has 0 aromatic carbocycles. The molecule has 0 fully saturated rings. The van der Waals surface area contributed by atoms with Crippen LogP contribution in [-0.4, -0.2) is 180 Å². The van der Waals surface area contributed by atoms with Crippen molar-refractivity contribution >= 4 is 53.2 Å². The van der Waals surface area contributed by atoms with Gasteiger partial charge in [0.2, 0.25) is 53.2 Å². The molecular weight excluding hydrogens is 1240 g/mol. The molecule has 9 amide bonds. The van der Waals surface area contributed by atoms with E-state index in [-0.39, 0.29) is 205 Å². The Morgan fingerprint density at radius 1 is 0.380 bits per heavy atom. The van der Waals surface area contributed by atoms with Gasteiger partial charge in [0.15, 0.2) is 0 Å². The van der Waals surface area contributed by atoms with Gasteiger partial charge in [-0.3, -0.25) is 77.4 Å². The van der Waals surface area contributed by atoms with E-state index < -0.39 is 88.0 Å². The Balaban J connectivity index is 0.0000288. The van der Waals surface area contributed by atoms with Gasteiger partial charge in [0.25, 0.3) is 0 Å². The van der Waals surface area contributed by atoms with Crippen LogP contribution in [0.15, 0.2) is 14.4 Å². The Morgan fingerprint density at radius 2 is 0.620 bits per heavy atom. The predicted molar refractivity (Wildman–Crippen MR) is 333 cm³/mol. The normalized spacial score (nSPS) is 12.1. The summed E-state index contributed by atoms with van der Waals surface area (Å²) in [6.07, 6.45) is -0.260. The zero-order chi connectivity index (χ0) is 68.2. The third kappa shape index (κ3) is 27.7. The van der Waals surface area contributed by atoms with Gasteiger partial charge in [0, 0.05) is 134 Å². The molecule has 3 aromatic rings. The molecule has 31 nitrogen and oxygen atoms in total. The first-order chi connectivity index (χ1) is 42.8. The number of carbonyl (C=O) groups excluding carboxylic acids is 9. The first-order valence-corrected chi connectivity index (χ1v) is 30.9. The third-order valence-electron chi connectivity index (χ3n) is 14.8. The Kier molecular flexibility index (Phi) is 34.6. The Bertz CT molecular complexity index is 2890. The van der Waals surface area contributed by atoms with Gasteiger partial charge in [0.05, 0.1) is 34.2 Å². The van der Waals surface area contributed by atoms with Gasteiger partial charge in [-0.05, 0) is 78.6 Å². The maximum atomic E-state index is 13.3. The SMILES string of the molecule is Cc1nc(CCC(=O)NC(CC(C)C)C(=O)NCCC(=O)NCCN(CCNC(=O)CCNC(=O)C(CC(C)C)NC(=O)CCc2nc(C)c(C)n(O)c2=O)CCNC(=O)CCNC(=O)C(CC(C)C)NC(=O)CCc2nc(C)c(C)n(O)c2=O)c(=O)n(O)c1C.[Fe]. The van der Waals surface area contributed by atoms with Gasteiger partial charge in [-0.2, -0.15) is 0 Å². The van der Waals surface area contributed by atoms with Crippen LogP contribution in [0.2, 0.25) is 0 Å². The molecule has 3 rings (SSSR count). The van der Waals surface area contributed by atoms with Crippen LogP contribution in [-0.2, 0) is 79.5 Å². The van der Waals surface area contributed by atoms with E-state index in [0.717, 1.165) is 0 Å². The molecule has 0 spiro atoms. The van der Waals surface area contributed by atoms with Crippen LogP contribution >= 0.6 is 0 Å².